The van der Waals surface area contributed by atoms with Crippen LogP contribution in [0.3, 0.4) is 0 Å². The fourth-order valence-corrected chi connectivity index (χ4v) is 2.77. The third-order valence-corrected chi connectivity index (χ3v) is 4.96. The van der Waals surface area contributed by atoms with E-state index in [0.717, 1.165) is 25.9 Å². The highest BCUT2D eigenvalue weighted by atomic mass is 32.2. The van der Waals surface area contributed by atoms with E-state index >= 15 is 0 Å². The van der Waals surface area contributed by atoms with Crippen LogP contribution in [-0.4, -0.2) is 55.5 Å². The molecule has 0 radical (unpaired) electrons. The average molecular weight is 263 g/mol. The SMILES string of the molecule is CCS(=O)(=O)CCN1CCC(C(N)=NO)CC1. The van der Waals surface area contributed by atoms with Gasteiger partial charge in [0.05, 0.1) is 5.75 Å². The van der Waals surface area contributed by atoms with Crippen LogP contribution in [-0.2, 0) is 9.84 Å². The van der Waals surface area contributed by atoms with E-state index in [0.29, 0.717) is 6.54 Å². The molecule has 1 aliphatic heterocycles. The third kappa shape index (κ3) is 4.51. The first-order valence-corrected chi connectivity index (χ1v) is 7.71. The van der Waals surface area contributed by atoms with Gasteiger partial charge in [0.2, 0.25) is 0 Å². The Bertz CT molecular complexity index is 359. The molecule has 0 aliphatic carbocycles. The first-order valence-electron chi connectivity index (χ1n) is 5.88. The average Bonchev–Trinajstić information content (AvgIpc) is 2.36. The van der Waals surface area contributed by atoms with Crippen LogP contribution in [0.5, 0.6) is 0 Å². The minimum Gasteiger partial charge on any atom is -0.409 e. The summed E-state index contributed by atoms with van der Waals surface area (Å²) in [6, 6.07) is 0. The predicted molar refractivity (Wildman–Crippen MR) is 66.9 cm³/mol. The molecule has 0 saturated carbocycles. The molecule has 1 aliphatic rings. The van der Waals surface area contributed by atoms with Crippen LogP contribution in [0.4, 0.5) is 0 Å². The Kier molecular flexibility index (Phi) is 5.20. The summed E-state index contributed by atoms with van der Waals surface area (Å²) in [7, 11) is -2.88. The minimum absolute atomic E-state index is 0.124. The number of amidine groups is 1. The highest BCUT2D eigenvalue weighted by Crippen LogP contribution is 2.17. The van der Waals surface area contributed by atoms with Crippen molar-refractivity contribution in [3.63, 3.8) is 0 Å². The molecule has 6 nitrogen and oxygen atoms in total. The van der Waals surface area contributed by atoms with Gasteiger partial charge >= 0.3 is 0 Å². The van der Waals surface area contributed by atoms with Crippen molar-refractivity contribution in [2.45, 2.75) is 19.8 Å². The molecule has 0 unspecified atom stereocenters. The van der Waals surface area contributed by atoms with Crippen molar-refractivity contribution >= 4 is 15.7 Å². The summed E-state index contributed by atoms with van der Waals surface area (Å²) >= 11 is 0. The molecule has 0 amide bonds. The van der Waals surface area contributed by atoms with Gasteiger partial charge in [-0.15, -0.1) is 0 Å². The Morgan fingerprint density at radius 2 is 2.06 bits per heavy atom. The lowest BCUT2D eigenvalue weighted by Crippen LogP contribution is -2.40. The molecular weight excluding hydrogens is 242 g/mol. The van der Waals surface area contributed by atoms with Crippen LogP contribution >= 0.6 is 0 Å². The lowest BCUT2D eigenvalue weighted by atomic mass is 9.96. The molecule has 1 heterocycles. The lowest BCUT2D eigenvalue weighted by Gasteiger charge is -2.30. The molecular formula is C10H21N3O3S. The molecule has 0 aromatic carbocycles. The summed E-state index contributed by atoms with van der Waals surface area (Å²) in [5, 5.41) is 11.6. The van der Waals surface area contributed by atoms with Crippen LogP contribution < -0.4 is 5.73 Å². The van der Waals surface area contributed by atoms with E-state index in [9.17, 15) is 8.42 Å². The summed E-state index contributed by atoms with van der Waals surface area (Å²) in [6.07, 6.45) is 1.64. The monoisotopic (exact) mass is 263 g/mol. The maximum atomic E-state index is 11.4. The van der Waals surface area contributed by atoms with E-state index in [1.807, 2.05) is 0 Å². The third-order valence-electron chi connectivity index (χ3n) is 3.28. The summed E-state index contributed by atoms with van der Waals surface area (Å²) in [5.74, 6) is 0.829. The molecule has 0 bridgehead atoms. The second kappa shape index (κ2) is 6.20. The summed E-state index contributed by atoms with van der Waals surface area (Å²) in [4.78, 5) is 2.12. The van der Waals surface area contributed by atoms with E-state index in [1.54, 1.807) is 6.92 Å². The molecule has 1 fully saturated rings. The number of hydrogen-bond donors (Lipinski definition) is 2. The largest absolute Gasteiger partial charge is 0.409 e. The first kappa shape index (κ1) is 14.2. The molecule has 3 N–H and O–H groups in total. The number of likely N-dealkylation sites (tertiary alicyclic amines) is 1. The van der Waals surface area contributed by atoms with Crippen molar-refractivity contribution in [3.05, 3.63) is 0 Å². The van der Waals surface area contributed by atoms with Crippen molar-refractivity contribution in [3.8, 4) is 0 Å². The molecule has 1 rings (SSSR count). The van der Waals surface area contributed by atoms with Gasteiger partial charge in [0.15, 0.2) is 9.84 Å². The van der Waals surface area contributed by atoms with Gasteiger partial charge in [0.25, 0.3) is 0 Å². The van der Waals surface area contributed by atoms with Gasteiger partial charge in [0.1, 0.15) is 5.84 Å². The topological polar surface area (TPSA) is 96.0 Å². The highest BCUT2D eigenvalue weighted by molar-refractivity contribution is 7.91. The van der Waals surface area contributed by atoms with E-state index in [2.05, 4.69) is 10.1 Å². The molecule has 1 saturated heterocycles. The number of oxime groups is 1. The number of nitrogens with two attached hydrogens (primary N) is 1. The normalized spacial score (nSPS) is 20.6. The van der Waals surface area contributed by atoms with Crippen molar-refractivity contribution in [1.82, 2.24) is 4.90 Å². The van der Waals surface area contributed by atoms with Gasteiger partial charge in [-0.2, -0.15) is 0 Å². The summed E-state index contributed by atoms with van der Waals surface area (Å²) < 4.78 is 22.7. The van der Waals surface area contributed by atoms with Crippen molar-refractivity contribution in [1.29, 1.82) is 0 Å². The zero-order chi connectivity index (χ0) is 12.9. The number of piperidine rings is 1. The molecule has 17 heavy (non-hydrogen) atoms. The Morgan fingerprint density at radius 3 is 2.53 bits per heavy atom. The summed E-state index contributed by atoms with van der Waals surface area (Å²) in [6.45, 7) is 3.86. The second-order valence-electron chi connectivity index (χ2n) is 4.38. The van der Waals surface area contributed by atoms with Crippen LogP contribution in [0.25, 0.3) is 0 Å². The molecule has 0 atom stereocenters. The van der Waals surface area contributed by atoms with Gasteiger partial charge in [-0.05, 0) is 25.9 Å². The zero-order valence-corrected chi connectivity index (χ0v) is 11.0. The number of sulfone groups is 1. The van der Waals surface area contributed by atoms with Gasteiger partial charge in [-0.1, -0.05) is 12.1 Å². The van der Waals surface area contributed by atoms with E-state index in [4.69, 9.17) is 10.9 Å². The number of nitrogens with zero attached hydrogens (tertiary/aromatic N) is 2. The Morgan fingerprint density at radius 1 is 1.47 bits per heavy atom. The van der Waals surface area contributed by atoms with E-state index in [1.165, 1.54) is 0 Å². The van der Waals surface area contributed by atoms with Gasteiger partial charge in [-0.3, -0.25) is 0 Å². The van der Waals surface area contributed by atoms with E-state index in [-0.39, 0.29) is 23.3 Å². The zero-order valence-electron chi connectivity index (χ0n) is 10.2. The van der Waals surface area contributed by atoms with Crippen LogP contribution in [0.1, 0.15) is 19.8 Å². The van der Waals surface area contributed by atoms with Gasteiger partial charge in [0, 0.05) is 18.2 Å². The maximum absolute atomic E-state index is 11.4. The smallest absolute Gasteiger partial charge is 0.151 e. The summed E-state index contributed by atoms with van der Waals surface area (Å²) in [5.41, 5.74) is 5.54. The fraction of sp³-hybridized carbons (Fsp3) is 0.900. The number of hydrogen-bond acceptors (Lipinski definition) is 5. The first-order chi connectivity index (χ1) is 7.98. The minimum atomic E-state index is -2.88. The van der Waals surface area contributed by atoms with E-state index < -0.39 is 9.84 Å². The fourth-order valence-electron chi connectivity index (χ4n) is 1.95. The Balaban J connectivity index is 2.33. The second-order valence-corrected chi connectivity index (χ2v) is 6.85. The Labute approximate surface area is 102 Å². The maximum Gasteiger partial charge on any atom is 0.151 e. The predicted octanol–water partition coefficient (Wildman–Crippen LogP) is -0.120. The van der Waals surface area contributed by atoms with Gasteiger partial charge < -0.3 is 15.8 Å². The lowest BCUT2D eigenvalue weighted by molar-refractivity contribution is 0.216. The standard InChI is InChI=1S/C10H21N3O3S/c1-2-17(15,16)8-7-13-5-3-9(4-6-13)10(11)12-14/h9,14H,2-8H2,1H3,(H2,11,12). The van der Waals surface area contributed by atoms with Crippen molar-refractivity contribution in [2.75, 3.05) is 31.1 Å². The Hall–Kier alpha value is -0.820. The molecule has 0 aromatic rings. The van der Waals surface area contributed by atoms with Gasteiger partial charge in [-0.25, -0.2) is 8.42 Å². The molecule has 100 valence electrons. The molecule has 7 heteroatoms. The van der Waals surface area contributed by atoms with Crippen molar-refractivity contribution in [2.24, 2.45) is 16.8 Å². The van der Waals surface area contributed by atoms with Crippen molar-refractivity contribution < 1.29 is 13.6 Å². The van der Waals surface area contributed by atoms with Crippen LogP contribution in [0.2, 0.25) is 0 Å². The molecule has 0 aromatic heterocycles. The highest BCUT2D eigenvalue weighted by Gasteiger charge is 2.22. The van der Waals surface area contributed by atoms with Crippen LogP contribution in [0.15, 0.2) is 5.16 Å². The van der Waals surface area contributed by atoms with Crippen LogP contribution in [0, 0.1) is 5.92 Å². The molecule has 0 spiro atoms. The number of rotatable bonds is 5. The quantitative estimate of drug-likeness (QED) is 0.312.